The standard InChI is InChI=1S/C19H32N4S.HI/c1-4-5-6-11-22(3)19(20-2)21-14-17-9-7-12-23(15-17)16-18-10-8-13-24-18;/h4,8,10,13,17H,1,5-7,9,11-12,14-16H2,2-3H3,(H,20,21);1H. The second-order valence-electron chi connectivity index (χ2n) is 6.60. The zero-order chi connectivity index (χ0) is 17.2. The Morgan fingerprint density at radius 1 is 1.56 bits per heavy atom. The second-order valence-corrected chi connectivity index (χ2v) is 7.64. The van der Waals surface area contributed by atoms with Crippen LogP contribution >= 0.6 is 35.3 Å². The van der Waals surface area contributed by atoms with Crippen molar-refractivity contribution in [1.29, 1.82) is 0 Å². The van der Waals surface area contributed by atoms with Gasteiger partial charge in [-0.1, -0.05) is 12.1 Å². The lowest BCUT2D eigenvalue weighted by atomic mass is 9.98. The van der Waals surface area contributed by atoms with E-state index in [9.17, 15) is 0 Å². The molecule has 25 heavy (non-hydrogen) atoms. The highest BCUT2D eigenvalue weighted by Crippen LogP contribution is 2.20. The molecule has 1 aromatic rings. The molecule has 4 nitrogen and oxygen atoms in total. The predicted molar refractivity (Wildman–Crippen MR) is 121 cm³/mol. The van der Waals surface area contributed by atoms with Gasteiger partial charge in [0.05, 0.1) is 0 Å². The number of rotatable bonds is 8. The molecule has 0 aliphatic carbocycles. The molecule has 142 valence electrons. The van der Waals surface area contributed by atoms with E-state index in [1.54, 1.807) is 0 Å². The maximum absolute atomic E-state index is 4.42. The van der Waals surface area contributed by atoms with Crippen LogP contribution in [-0.4, -0.2) is 56.0 Å². The summed E-state index contributed by atoms with van der Waals surface area (Å²) in [5, 5.41) is 5.74. The van der Waals surface area contributed by atoms with Crippen molar-refractivity contribution in [2.24, 2.45) is 10.9 Å². The third-order valence-electron chi connectivity index (χ3n) is 4.59. The average molecular weight is 476 g/mol. The van der Waals surface area contributed by atoms with Crippen molar-refractivity contribution in [1.82, 2.24) is 15.1 Å². The van der Waals surface area contributed by atoms with Gasteiger partial charge in [0.15, 0.2) is 5.96 Å². The number of allylic oxidation sites excluding steroid dienone is 1. The smallest absolute Gasteiger partial charge is 0.193 e. The first kappa shape index (κ1) is 22.4. The summed E-state index contributed by atoms with van der Waals surface area (Å²) in [6.07, 6.45) is 6.77. The van der Waals surface area contributed by atoms with E-state index in [4.69, 9.17) is 0 Å². The molecule has 1 saturated heterocycles. The number of piperidine rings is 1. The van der Waals surface area contributed by atoms with Gasteiger partial charge < -0.3 is 10.2 Å². The summed E-state index contributed by atoms with van der Waals surface area (Å²) in [6, 6.07) is 4.39. The van der Waals surface area contributed by atoms with Gasteiger partial charge in [0, 0.05) is 45.2 Å². The summed E-state index contributed by atoms with van der Waals surface area (Å²) < 4.78 is 0. The van der Waals surface area contributed by atoms with Gasteiger partial charge in [-0.2, -0.15) is 0 Å². The van der Waals surface area contributed by atoms with Gasteiger partial charge in [0.1, 0.15) is 0 Å². The first-order valence-corrected chi connectivity index (χ1v) is 9.88. The normalized spacial score (nSPS) is 18.5. The fourth-order valence-electron chi connectivity index (χ4n) is 3.28. The molecule has 1 atom stereocenters. The molecule has 1 unspecified atom stereocenters. The SMILES string of the molecule is C=CCCCN(C)C(=NC)NCC1CCCN(Cc2cccs2)C1.I. The number of unbranched alkanes of at least 4 members (excludes halogenated alkanes) is 1. The van der Waals surface area contributed by atoms with Crippen LogP contribution in [0.3, 0.4) is 0 Å². The van der Waals surface area contributed by atoms with Crippen LogP contribution in [0, 0.1) is 5.92 Å². The Bertz CT molecular complexity index is 504. The van der Waals surface area contributed by atoms with Gasteiger partial charge in [0.25, 0.3) is 0 Å². The predicted octanol–water partition coefficient (Wildman–Crippen LogP) is 4.05. The Hall–Kier alpha value is -0.600. The molecule has 0 radical (unpaired) electrons. The monoisotopic (exact) mass is 476 g/mol. The van der Waals surface area contributed by atoms with Crippen LogP contribution in [0.5, 0.6) is 0 Å². The fourth-order valence-corrected chi connectivity index (χ4v) is 4.03. The number of guanidine groups is 1. The lowest BCUT2D eigenvalue weighted by Gasteiger charge is -2.33. The number of hydrogen-bond donors (Lipinski definition) is 1. The van der Waals surface area contributed by atoms with Gasteiger partial charge in [-0.25, -0.2) is 0 Å². The quantitative estimate of drug-likeness (QED) is 0.202. The van der Waals surface area contributed by atoms with E-state index in [0.717, 1.165) is 38.4 Å². The minimum Gasteiger partial charge on any atom is -0.356 e. The zero-order valence-corrected chi connectivity index (χ0v) is 18.8. The number of thiophene rings is 1. The van der Waals surface area contributed by atoms with E-state index in [1.165, 1.54) is 30.8 Å². The molecule has 1 aliphatic rings. The van der Waals surface area contributed by atoms with Crippen LogP contribution in [-0.2, 0) is 6.54 Å². The third-order valence-corrected chi connectivity index (χ3v) is 5.45. The molecule has 0 bridgehead atoms. The highest BCUT2D eigenvalue weighted by molar-refractivity contribution is 14.0. The van der Waals surface area contributed by atoms with Gasteiger partial charge in [0.2, 0.25) is 0 Å². The topological polar surface area (TPSA) is 30.9 Å². The van der Waals surface area contributed by atoms with Crippen LogP contribution in [0.25, 0.3) is 0 Å². The summed E-state index contributed by atoms with van der Waals surface area (Å²) in [4.78, 5) is 10.7. The summed E-state index contributed by atoms with van der Waals surface area (Å²) in [6.45, 7) is 9.32. The van der Waals surface area contributed by atoms with E-state index < -0.39 is 0 Å². The van der Waals surface area contributed by atoms with E-state index in [2.05, 4.69) is 51.2 Å². The molecular weight excluding hydrogens is 443 g/mol. The molecule has 0 spiro atoms. The molecule has 1 aromatic heterocycles. The van der Waals surface area contributed by atoms with Crippen molar-refractivity contribution in [3.05, 3.63) is 35.0 Å². The van der Waals surface area contributed by atoms with Crippen LogP contribution in [0.4, 0.5) is 0 Å². The summed E-state index contributed by atoms with van der Waals surface area (Å²) in [5.41, 5.74) is 0. The van der Waals surface area contributed by atoms with Gasteiger partial charge in [-0.15, -0.1) is 41.9 Å². The van der Waals surface area contributed by atoms with Crippen molar-refractivity contribution in [3.8, 4) is 0 Å². The Kier molecular flexibility index (Phi) is 11.4. The Balaban J connectivity index is 0.00000312. The van der Waals surface area contributed by atoms with Crippen LogP contribution in [0.2, 0.25) is 0 Å². The highest BCUT2D eigenvalue weighted by Gasteiger charge is 2.20. The zero-order valence-electron chi connectivity index (χ0n) is 15.6. The molecule has 1 fully saturated rings. The molecule has 0 saturated carbocycles. The number of nitrogens with one attached hydrogen (secondary N) is 1. The first-order valence-electron chi connectivity index (χ1n) is 9.00. The lowest BCUT2D eigenvalue weighted by Crippen LogP contribution is -2.45. The lowest BCUT2D eigenvalue weighted by molar-refractivity contribution is 0.169. The minimum absolute atomic E-state index is 0. The molecule has 0 aromatic carbocycles. The molecule has 2 heterocycles. The Labute approximate surface area is 174 Å². The van der Waals surface area contributed by atoms with Crippen LogP contribution in [0.1, 0.15) is 30.6 Å². The van der Waals surface area contributed by atoms with E-state index in [-0.39, 0.29) is 24.0 Å². The number of likely N-dealkylation sites (tertiary alicyclic amines) is 1. The van der Waals surface area contributed by atoms with E-state index in [1.807, 2.05) is 24.5 Å². The van der Waals surface area contributed by atoms with Gasteiger partial charge >= 0.3 is 0 Å². The third kappa shape index (κ3) is 8.09. The highest BCUT2D eigenvalue weighted by atomic mass is 127. The van der Waals surface area contributed by atoms with E-state index in [0.29, 0.717) is 5.92 Å². The van der Waals surface area contributed by atoms with Crippen molar-refractivity contribution >= 4 is 41.3 Å². The average Bonchev–Trinajstić information content (AvgIpc) is 3.09. The molecule has 1 N–H and O–H groups in total. The maximum Gasteiger partial charge on any atom is 0.193 e. The van der Waals surface area contributed by atoms with Crippen molar-refractivity contribution in [3.63, 3.8) is 0 Å². The number of halogens is 1. The number of hydrogen-bond acceptors (Lipinski definition) is 3. The van der Waals surface area contributed by atoms with Gasteiger partial charge in [-0.3, -0.25) is 9.89 Å². The molecule has 2 rings (SSSR count). The van der Waals surface area contributed by atoms with E-state index >= 15 is 0 Å². The number of nitrogens with zero attached hydrogens (tertiary/aromatic N) is 3. The van der Waals surface area contributed by atoms with Crippen molar-refractivity contribution in [2.45, 2.75) is 32.2 Å². The molecule has 6 heteroatoms. The molecular formula is C19H33IN4S. The summed E-state index contributed by atoms with van der Waals surface area (Å²) >= 11 is 1.86. The van der Waals surface area contributed by atoms with Crippen LogP contribution < -0.4 is 5.32 Å². The van der Waals surface area contributed by atoms with Crippen LogP contribution in [0.15, 0.2) is 35.2 Å². The minimum atomic E-state index is 0. The number of aliphatic imine (C=N–C) groups is 1. The molecule has 0 amide bonds. The maximum atomic E-state index is 4.42. The Morgan fingerprint density at radius 2 is 2.40 bits per heavy atom. The molecule has 1 aliphatic heterocycles. The summed E-state index contributed by atoms with van der Waals surface area (Å²) in [7, 11) is 3.98. The first-order chi connectivity index (χ1) is 11.7. The Morgan fingerprint density at radius 3 is 3.08 bits per heavy atom. The largest absolute Gasteiger partial charge is 0.356 e. The van der Waals surface area contributed by atoms with Crippen molar-refractivity contribution in [2.75, 3.05) is 40.3 Å². The van der Waals surface area contributed by atoms with Gasteiger partial charge in [-0.05, 0) is 49.6 Å². The summed E-state index contributed by atoms with van der Waals surface area (Å²) in [5.74, 6) is 1.71. The fraction of sp³-hybridized carbons (Fsp3) is 0.632. The van der Waals surface area contributed by atoms with Crippen molar-refractivity contribution < 1.29 is 0 Å². The second kappa shape index (κ2) is 12.7.